The SMILES string of the molecule is CCC1C=CC2=C(C1=O)C(Nc1cc(Nc3ccc(F)cn3)ncc1C(=O)NC)=CC2C. The highest BCUT2D eigenvalue weighted by atomic mass is 19.1. The molecule has 2 aromatic rings. The first-order valence-electron chi connectivity index (χ1n) is 10.5. The highest BCUT2D eigenvalue weighted by molar-refractivity contribution is 6.07. The molecule has 7 nitrogen and oxygen atoms in total. The molecule has 0 bridgehead atoms. The van der Waals surface area contributed by atoms with E-state index in [0.717, 1.165) is 18.2 Å². The van der Waals surface area contributed by atoms with Crippen molar-refractivity contribution in [3.8, 4) is 0 Å². The van der Waals surface area contributed by atoms with Crippen molar-refractivity contribution in [2.24, 2.45) is 11.8 Å². The van der Waals surface area contributed by atoms with Crippen LogP contribution in [0.1, 0.15) is 30.6 Å². The van der Waals surface area contributed by atoms with Crippen LogP contribution >= 0.6 is 0 Å². The Balaban J connectivity index is 1.68. The molecule has 164 valence electrons. The summed E-state index contributed by atoms with van der Waals surface area (Å²) in [5.74, 6) is 0.0876. The van der Waals surface area contributed by atoms with Crippen LogP contribution in [0.5, 0.6) is 0 Å². The number of nitrogens with zero attached hydrogens (tertiary/aromatic N) is 2. The Morgan fingerprint density at radius 1 is 1.16 bits per heavy atom. The zero-order valence-electron chi connectivity index (χ0n) is 18.1. The van der Waals surface area contributed by atoms with Gasteiger partial charge in [0.05, 0.1) is 17.4 Å². The molecule has 0 spiro atoms. The maximum Gasteiger partial charge on any atom is 0.254 e. The number of carbonyl (C=O) groups excluding carboxylic acids is 2. The van der Waals surface area contributed by atoms with E-state index in [1.807, 2.05) is 32.1 Å². The Bertz CT molecular complexity index is 1170. The molecule has 2 atom stereocenters. The number of rotatable bonds is 6. The number of hydrogen-bond acceptors (Lipinski definition) is 6. The van der Waals surface area contributed by atoms with Gasteiger partial charge in [-0.1, -0.05) is 32.1 Å². The van der Waals surface area contributed by atoms with E-state index in [2.05, 4.69) is 25.9 Å². The van der Waals surface area contributed by atoms with Crippen LogP contribution in [0.25, 0.3) is 0 Å². The lowest BCUT2D eigenvalue weighted by Gasteiger charge is -2.21. The zero-order chi connectivity index (χ0) is 22.8. The normalized spacial score (nSPS) is 19.5. The molecule has 4 rings (SSSR count). The molecule has 0 saturated carbocycles. The molecule has 0 aliphatic heterocycles. The fourth-order valence-electron chi connectivity index (χ4n) is 3.90. The van der Waals surface area contributed by atoms with Gasteiger partial charge in [0.25, 0.3) is 5.91 Å². The minimum Gasteiger partial charge on any atom is -0.355 e. The van der Waals surface area contributed by atoms with Crippen molar-refractivity contribution in [1.82, 2.24) is 15.3 Å². The molecule has 8 heteroatoms. The van der Waals surface area contributed by atoms with Crippen molar-refractivity contribution in [2.45, 2.75) is 20.3 Å². The van der Waals surface area contributed by atoms with Gasteiger partial charge < -0.3 is 16.0 Å². The van der Waals surface area contributed by atoms with Gasteiger partial charge in [0.1, 0.15) is 17.5 Å². The standard InChI is InChI=1S/C24H24FN5O2/c1-4-14-5-7-16-13(2)9-19(22(16)23(14)31)29-18-10-21(28-12-17(18)24(32)26-3)30-20-8-6-15(25)11-27-20/h5-14H,4H2,1-3H3,(H,26,32)(H2,27,28,29,30). The van der Waals surface area contributed by atoms with Gasteiger partial charge in [0, 0.05) is 42.4 Å². The van der Waals surface area contributed by atoms with Crippen molar-refractivity contribution in [3.05, 3.63) is 77.0 Å². The molecule has 0 saturated heterocycles. The molecule has 32 heavy (non-hydrogen) atoms. The molecule has 2 aromatic heterocycles. The number of allylic oxidation sites excluding steroid dienone is 5. The van der Waals surface area contributed by atoms with Gasteiger partial charge in [-0.15, -0.1) is 0 Å². The van der Waals surface area contributed by atoms with Crippen LogP contribution in [0.3, 0.4) is 0 Å². The fraction of sp³-hybridized carbons (Fsp3) is 0.250. The molecular weight excluding hydrogens is 409 g/mol. The van der Waals surface area contributed by atoms with E-state index in [1.165, 1.54) is 18.3 Å². The number of nitrogens with one attached hydrogen (secondary N) is 3. The minimum absolute atomic E-state index is 0.0804. The first-order valence-corrected chi connectivity index (χ1v) is 10.5. The third kappa shape index (κ3) is 4.03. The monoisotopic (exact) mass is 433 g/mol. The molecule has 0 fully saturated rings. The maximum absolute atomic E-state index is 13.1. The van der Waals surface area contributed by atoms with E-state index in [9.17, 15) is 14.0 Å². The molecule has 2 aliphatic carbocycles. The summed E-state index contributed by atoms with van der Waals surface area (Å²) in [6, 6.07) is 4.45. The summed E-state index contributed by atoms with van der Waals surface area (Å²) in [6.45, 7) is 4.02. The fourth-order valence-corrected chi connectivity index (χ4v) is 3.90. The topological polar surface area (TPSA) is 96.0 Å². The average Bonchev–Trinajstić information content (AvgIpc) is 3.11. The van der Waals surface area contributed by atoms with Gasteiger partial charge in [0.15, 0.2) is 5.78 Å². The van der Waals surface area contributed by atoms with E-state index in [4.69, 9.17) is 0 Å². The van der Waals surface area contributed by atoms with Gasteiger partial charge in [0.2, 0.25) is 0 Å². The van der Waals surface area contributed by atoms with Crippen LogP contribution in [0.15, 0.2) is 65.7 Å². The highest BCUT2D eigenvalue weighted by Gasteiger charge is 2.33. The van der Waals surface area contributed by atoms with Crippen LogP contribution in [0.4, 0.5) is 21.7 Å². The van der Waals surface area contributed by atoms with Crippen molar-refractivity contribution < 1.29 is 14.0 Å². The summed E-state index contributed by atoms with van der Waals surface area (Å²) in [6.07, 6.45) is 9.26. The van der Waals surface area contributed by atoms with Gasteiger partial charge in [-0.25, -0.2) is 14.4 Å². The number of halogens is 1. The summed E-state index contributed by atoms with van der Waals surface area (Å²) in [4.78, 5) is 33.8. The molecular formula is C24H24FN5O2. The number of aromatic nitrogens is 2. The maximum atomic E-state index is 13.1. The van der Waals surface area contributed by atoms with Crippen LogP contribution in [0, 0.1) is 17.7 Å². The molecule has 2 unspecified atom stereocenters. The number of amides is 1. The van der Waals surface area contributed by atoms with E-state index >= 15 is 0 Å². The van der Waals surface area contributed by atoms with E-state index < -0.39 is 5.82 Å². The second kappa shape index (κ2) is 8.74. The lowest BCUT2D eigenvalue weighted by molar-refractivity contribution is -0.117. The lowest BCUT2D eigenvalue weighted by atomic mass is 9.85. The number of anilines is 3. The highest BCUT2D eigenvalue weighted by Crippen LogP contribution is 2.39. The molecule has 2 aliphatic rings. The largest absolute Gasteiger partial charge is 0.355 e. The first-order chi connectivity index (χ1) is 15.4. The summed E-state index contributed by atoms with van der Waals surface area (Å²) in [7, 11) is 1.54. The first kappa shape index (κ1) is 21.4. The van der Waals surface area contributed by atoms with Crippen LogP contribution in [-0.2, 0) is 4.79 Å². The Labute approximate surface area is 185 Å². The van der Waals surface area contributed by atoms with Crippen LogP contribution in [-0.4, -0.2) is 28.7 Å². The zero-order valence-corrected chi connectivity index (χ0v) is 18.1. The summed E-state index contributed by atoms with van der Waals surface area (Å²) < 4.78 is 13.1. The second-order valence-electron chi connectivity index (χ2n) is 7.74. The third-order valence-electron chi connectivity index (χ3n) is 5.62. The predicted octanol–water partition coefficient (Wildman–Crippen LogP) is 4.13. The van der Waals surface area contributed by atoms with Gasteiger partial charge in [-0.05, 0) is 24.1 Å². The van der Waals surface area contributed by atoms with E-state index in [0.29, 0.717) is 34.2 Å². The number of hydrogen-bond donors (Lipinski definition) is 3. The molecule has 0 radical (unpaired) electrons. The van der Waals surface area contributed by atoms with Crippen molar-refractivity contribution in [3.63, 3.8) is 0 Å². The van der Waals surface area contributed by atoms with Gasteiger partial charge in [-0.2, -0.15) is 0 Å². The Hall–Kier alpha value is -3.81. The molecule has 3 N–H and O–H groups in total. The Morgan fingerprint density at radius 3 is 2.62 bits per heavy atom. The Kier molecular flexibility index (Phi) is 5.85. The predicted molar refractivity (Wildman–Crippen MR) is 121 cm³/mol. The molecule has 0 aromatic carbocycles. The summed E-state index contributed by atoms with van der Waals surface area (Å²) >= 11 is 0. The van der Waals surface area contributed by atoms with Crippen molar-refractivity contribution >= 4 is 29.0 Å². The second-order valence-corrected chi connectivity index (χ2v) is 7.74. The average molecular weight is 433 g/mol. The van der Waals surface area contributed by atoms with Gasteiger partial charge in [-0.3, -0.25) is 9.59 Å². The number of carbonyl (C=O) groups is 2. The molecule has 1 amide bonds. The quantitative estimate of drug-likeness (QED) is 0.634. The van der Waals surface area contributed by atoms with Gasteiger partial charge >= 0.3 is 0 Å². The smallest absolute Gasteiger partial charge is 0.254 e. The summed E-state index contributed by atoms with van der Waals surface area (Å²) in [5, 5.41) is 8.90. The molecule has 2 heterocycles. The minimum atomic E-state index is -0.441. The van der Waals surface area contributed by atoms with Crippen molar-refractivity contribution in [2.75, 3.05) is 17.7 Å². The Morgan fingerprint density at radius 2 is 1.94 bits per heavy atom. The van der Waals surface area contributed by atoms with E-state index in [1.54, 1.807) is 13.1 Å². The van der Waals surface area contributed by atoms with E-state index in [-0.39, 0.29) is 23.5 Å². The number of ketones is 1. The number of Topliss-reactive ketones (excluding diaryl/α,β-unsaturated/α-hetero) is 1. The van der Waals surface area contributed by atoms with Crippen LogP contribution < -0.4 is 16.0 Å². The third-order valence-corrected chi connectivity index (χ3v) is 5.62. The van der Waals surface area contributed by atoms with Crippen LogP contribution in [0.2, 0.25) is 0 Å². The summed E-state index contributed by atoms with van der Waals surface area (Å²) in [5.41, 5.74) is 3.15. The number of pyridine rings is 2. The lowest BCUT2D eigenvalue weighted by Crippen LogP contribution is -2.23. The van der Waals surface area contributed by atoms with Crippen molar-refractivity contribution in [1.29, 1.82) is 0 Å².